The normalized spacial score (nSPS) is 26.5. The van der Waals surface area contributed by atoms with Crippen molar-refractivity contribution in [3.8, 4) is 0 Å². The van der Waals surface area contributed by atoms with E-state index in [-0.39, 0.29) is 0 Å². The zero-order valence-electron chi connectivity index (χ0n) is 10.8. The maximum absolute atomic E-state index is 11.3. The zero-order valence-corrected chi connectivity index (χ0v) is 10.8. The van der Waals surface area contributed by atoms with Gasteiger partial charge in [-0.25, -0.2) is 0 Å². The fraction of sp³-hybridized carbons (Fsp3) is 0.923. The van der Waals surface area contributed by atoms with Crippen molar-refractivity contribution < 1.29 is 9.90 Å². The molecule has 0 aliphatic carbocycles. The molecule has 94 valence electrons. The van der Waals surface area contributed by atoms with E-state index >= 15 is 0 Å². The molecule has 0 spiro atoms. The van der Waals surface area contributed by atoms with Crippen molar-refractivity contribution in [2.24, 2.45) is 11.3 Å². The molecule has 16 heavy (non-hydrogen) atoms. The summed E-state index contributed by atoms with van der Waals surface area (Å²) in [5.74, 6) is 0.114. The Morgan fingerprint density at radius 2 is 2.00 bits per heavy atom. The van der Waals surface area contributed by atoms with Gasteiger partial charge in [0.2, 0.25) is 0 Å². The average Bonchev–Trinajstić information content (AvgIpc) is 2.70. The van der Waals surface area contributed by atoms with Crippen LogP contribution in [0.3, 0.4) is 0 Å². The van der Waals surface area contributed by atoms with E-state index in [0.717, 1.165) is 38.4 Å². The highest BCUT2D eigenvalue weighted by molar-refractivity contribution is 5.75. The van der Waals surface area contributed by atoms with Crippen LogP contribution in [0, 0.1) is 11.3 Å². The first-order valence-electron chi connectivity index (χ1n) is 6.53. The van der Waals surface area contributed by atoms with E-state index in [2.05, 4.69) is 18.7 Å². The number of hydrogen-bond donors (Lipinski definition) is 1. The van der Waals surface area contributed by atoms with Crippen LogP contribution in [0.25, 0.3) is 0 Å². The summed E-state index contributed by atoms with van der Waals surface area (Å²) in [4.78, 5) is 13.6. The number of carbonyl (C=O) groups is 1. The molecule has 1 fully saturated rings. The molecular weight excluding hydrogens is 202 g/mol. The van der Waals surface area contributed by atoms with E-state index in [1.54, 1.807) is 0 Å². The highest BCUT2D eigenvalue weighted by Crippen LogP contribution is 2.34. The molecule has 1 unspecified atom stereocenters. The van der Waals surface area contributed by atoms with E-state index in [1.165, 1.54) is 12.8 Å². The predicted molar refractivity (Wildman–Crippen MR) is 65.5 cm³/mol. The molecule has 0 aromatic carbocycles. The molecule has 0 amide bonds. The second-order valence-electron chi connectivity index (χ2n) is 5.11. The number of carboxylic acid groups (broad SMARTS) is 1. The van der Waals surface area contributed by atoms with Crippen LogP contribution in [0.4, 0.5) is 0 Å². The minimum atomic E-state index is -0.609. The Kier molecular flexibility index (Phi) is 4.78. The fourth-order valence-electron chi connectivity index (χ4n) is 2.64. The largest absolute Gasteiger partial charge is 0.481 e. The number of likely N-dealkylation sites (tertiary alicyclic amines) is 1. The Bertz CT molecular complexity index is 238. The van der Waals surface area contributed by atoms with Crippen molar-refractivity contribution >= 4 is 5.97 Å². The maximum Gasteiger partial charge on any atom is 0.310 e. The molecule has 0 bridgehead atoms. The van der Waals surface area contributed by atoms with Crippen molar-refractivity contribution in [2.45, 2.75) is 46.5 Å². The van der Waals surface area contributed by atoms with Gasteiger partial charge in [-0.05, 0) is 25.3 Å². The molecule has 0 saturated carbocycles. The van der Waals surface area contributed by atoms with Crippen molar-refractivity contribution in [1.82, 2.24) is 4.90 Å². The number of aliphatic carboxylic acids is 1. The molecule has 1 atom stereocenters. The molecule has 1 saturated heterocycles. The lowest BCUT2D eigenvalue weighted by Gasteiger charge is -2.25. The van der Waals surface area contributed by atoms with Gasteiger partial charge in [0.1, 0.15) is 0 Å². The quantitative estimate of drug-likeness (QED) is 0.758. The molecule has 1 aliphatic rings. The van der Waals surface area contributed by atoms with E-state index in [0.29, 0.717) is 0 Å². The number of rotatable bonds is 6. The van der Waals surface area contributed by atoms with Gasteiger partial charge in [-0.15, -0.1) is 0 Å². The fourth-order valence-corrected chi connectivity index (χ4v) is 2.64. The first-order chi connectivity index (χ1) is 7.57. The summed E-state index contributed by atoms with van der Waals surface area (Å²) in [5, 5.41) is 9.30. The van der Waals surface area contributed by atoms with Crippen LogP contribution in [-0.4, -0.2) is 35.6 Å². The van der Waals surface area contributed by atoms with Gasteiger partial charge in [0.25, 0.3) is 0 Å². The third-order valence-corrected chi connectivity index (χ3v) is 4.23. The van der Waals surface area contributed by atoms with E-state index < -0.39 is 11.4 Å². The van der Waals surface area contributed by atoms with Crippen LogP contribution in [0.5, 0.6) is 0 Å². The van der Waals surface area contributed by atoms with E-state index in [4.69, 9.17) is 0 Å². The number of hydrogen-bond acceptors (Lipinski definition) is 2. The van der Waals surface area contributed by atoms with Crippen molar-refractivity contribution in [3.05, 3.63) is 0 Å². The highest BCUT2D eigenvalue weighted by atomic mass is 16.4. The van der Waals surface area contributed by atoms with Gasteiger partial charge in [-0.2, -0.15) is 0 Å². The maximum atomic E-state index is 11.3. The second kappa shape index (κ2) is 5.67. The topological polar surface area (TPSA) is 40.5 Å². The third-order valence-electron chi connectivity index (χ3n) is 4.23. The van der Waals surface area contributed by atoms with E-state index in [9.17, 15) is 9.90 Å². The summed E-state index contributed by atoms with van der Waals surface area (Å²) in [6.07, 6.45) is 3.96. The first-order valence-corrected chi connectivity index (χ1v) is 6.53. The molecule has 0 radical (unpaired) electrons. The number of carboxylic acids is 1. The molecular formula is C13H25NO2. The van der Waals surface area contributed by atoms with Gasteiger partial charge >= 0.3 is 5.97 Å². The first kappa shape index (κ1) is 13.5. The molecule has 0 aromatic heterocycles. The Morgan fingerprint density at radius 1 is 1.38 bits per heavy atom. The third kappa shape index (κ3) is 2.76. The molecule has 3 heteroatoms. The van der Waals surface area contributed by atoms with Crippen LogP contribution in [0.2, 0.25) is 0 Å². The second-order valence-corrected chi connectivity index (χ2v) is 5.11. The molecule has 3 nitrogen and oxygen atoms in total. The van der Waals surface area contributed by atoms with Gasteiger partial charge in [0.15, 0.2) is 0 Å². The summed E-state index contributed by atoms with van der Waals surface area (Å²) >= 11 is 0. The van der Waals surface area contributed by atoms with Gasteiger partial charge in [0.05, 0.1) is 5.41 Å². The lowest BCUT2D eigenvalue weighted by atomic mass is 9.84. The molecule has 1 aliphatic heterocycles. The average molecular weight is 227 g/mol. The van der Waals surface area contributed by atoms with Crippen LogP contribution in [0.15, 0.2) is 0 Å². The van der Waals surface area contributed by atoms with Crippen LogP contribution in [0.1, 0.15) is 46.5 Å². The summed E-state index contributed by atoms with van der Waals surface area (Å²) in [6, 6.07) is 0. The van der Waals surface area contributed by atoms with Crippen LogP contribution >= 0.6 is 0 Å². The van der Waals surface area contributed by atoms with Gasteiger partial charge < -0.3 is 10.0 Å². The smallest absolute Gasteiger partial charge is 0.310 e. The van der Waals surface area contributed by atoms with Gasteiger partial charge in [-0.3, -0.25) is 4.79 Å². The van der Waals surface area contributed by atoms with Crippen molar-refractivity contribution in [2.75, 3.05) is 19.6 Å². The molecule has 1 N–H and O–H groups in total. The zero-order chi connectivity index (χ0) is 12.2. The van der Waals surface area contributed by atoms with E-state index in [1.807, 2.05) is 6.92 Å². The summed E-state index contributed by atoms with van der Waals surface area (Å²) in [7, 11) is 0. The molecule has 1 rings (SSSR count). The monoisotopic (exact) mass is 227 g/mol. The summed E-state index contributed by atoms with van der Waals surface area (Å²) in [6.45, 7) is 9.20. The highest BCUT2D eigenvalue weighted by Gasteiger charge is 2.43. The minimum Gasteiger partial charge on any atom is -0.481 e. The van der Waals surface area contributed by atoms with Crippen molar-refractivity contribution in [1.29, 1.82) is 0 Å². The van der Waals surface area contributed by atoms with Crippen LogP contribution in [-0.2, 0) is 4.79 Å². The summed E-state index contributed by atoms with van der Waals surface area (Å²) < 4.78 is 0. The summed E-state index contributed by atoms with van der Waals surface area (Å²) in [5.41, 5.74) is -0.466. The number of nitrogens with zero attached hydrogens (tertiary/aromatic N) is 1. The SMILES string of the molecule is CCC(CC)CN1CCC(CC)(C(=O)O)C1. The lowest BCUT2D eigenvalue weighted by Crippen LogP contribution is -2.35. The molecule has 1 heterocycles. The predicted octanol–water partition coefficient (Wildman–Crippen LogP) is 2.61. The molecule has 0 aromatic rings. The Morgan fingerprint density at radius 3 is 2.38 bits per heavy atom. The Hall–Kier alpha value is -0.570. The lowest BCUT2D eigenvalue weighted by molar-refractivity contribution is -0.148. The minimum absolute atomic E-state index is 0.466. The standard InChI is InChI=1S/C13H25NO2/c1-4-11(5-2)9-14-8-7-13(6-3,10-14)12(15)16/h11H,4-10H2,1-3H3,(H,15,16). The van der Waals surface area contributed by atoms with Gasteiger partial charge in [-0.1, -0.05) is 33.6 Å². The Labute approximate surface area is 98.8 Å². The Balaban J connectivity index is 2.54. The van der Waals surface area contributed by atoms with Crippen molar-refractivity contribution in [3.63, 3.8) is 0 Å². The van der Waals surface area contributed by atoms with Crippen LogP contribution < -0.4 is 0 Å². The van der Waals surface area contributed by atoms with Gasteiger partial charge in [0, 0.05) is 13.1 Å².